The van der Waals surface area contributed by atoms with Gasteiger partial charge in [-0.05, 0) is 43.1 Å². The second kappa shape index (κ2) is 7.11. The lowest BCUT2D eigenvalue weighted by atomic mass is 9.85. The highest BCUT2D eigenvalue weighted by Crippen LogP contribution is 2.30. The zero-order valence-electron chi connectivity index (χ0n) is 13.0. The van der Waals surface area contributed by atoms with Crippen molar-refractivity contribution in [1.29, 1.82) is 0 Å². The monoisotopic (exact) mass is 285 g/mol. The Hall–Kier alpha value is -1.31. The molecule has 1 aromatic carbocycles. The molecule has 21 heavy (non-hydrogen) atoms. The van der Waals surface area contributed by atoms with E-state index in [4.69, 9.17) is 0 Å². The molecule has 2 aliphatic carbocycles. The third kappa shape index (κ3) is 4.09. The number of benzene rings is 1. The first-order valence-electron chi connectivity index (χ1n) is 8.63. The van der Waals surface area contributed by atoms with Crippen LogP contribution >= 0.6 is 0 Å². The fourth-order valence-electron chi connectivity index (χ4n) is 3.64. The van der Waals surface area contributed by atoms with Gasteiger partial charge in [0.2, 0.25) is 5.91 Å². The fraction of sp³-hybridized carbons (Fsp3) is 0.632. The maximum Gasteiger partial charge on any atom is 0.223 e. The minimum Gasteiger partial charge on any atom is -0.338 e. The van der Waals surface area contributed by atoms with Gasteiger partial charge in [-0.3, -0.25) is 4.79 Å². The van der Waals surface area contributed by atoms with Crippen LogP contribution < -0.4 is 0 Å². The Bertz CT molecular complexity index is 446. The average Bonchev–Trinajstić information content (AvgIpc) is 2.95. The molecule has 2 saturated carbocycles. The molecule has 0 bridgehead atoms. The van der Waals surface area contributed by atoms with Crippen LogP contribution in [0.25, 0.3) is 0 Å². The van der Waals surface area contributed by atoms with Crippen LogP contribution in [0.2, 0.25) is 0 Å². The van der Waals surface area contributed by atoms with Crippen molar-refractivity contribution < 1.29 is 4.79 Å². The SMILES string of the molecule is O=C(CC1CCCC1)N(Cc1ccccc1)CC1CCC1. The highest BCUT2D eigenvalue weighted by atomic mass is 16.2. The Labute approximate surface area is 128 Å². The van der Waals surface area contributed by atoms with Crippen LogP contribution in [-0.4, -0.2) is 17.4 Å². The molecule has 2 heteroatoms. The van der Waals surface area contributed by atoms with Crippen molar-refractivity contribution in [3.05, 3.63) is 35.9 Å². The van der Waals surface area contributed by atoms with Gasteiger partial charge in [-0.15, -0.1) is 0 Å². The molecule has 0 spiro atoms. The van der Waals surface area contributed by atoms with Crippen LogP contribution in [-0.2, 0) is 11.3 Å². The molecule has 0 radical (unpaired) electrons. The van der Waals surface area contributed by atoms with Gasteiger partial charge in [-0.25, -0.2) is 0 Å². The number of amides is 1. The van der Waals surface area contributed by atoms with E-state index in [2.05, 4.69) is 29.2 Å². The largest absolute Gasteiger partial charge is 0.338 e. The molecule has 0 N–H and O–H groups in total. The molecule has 2 fully saturated rings. The summed E-state index contributed by atoms with van der Waals surface area (Å²) in [6.45, 7) is 1.77. The molecular weight excluding hydrogens is 258 g/mol. The third-order valence-corrected chi connectivity index (χ3v) is 5.21. The molecule has 0 aliphatic heterocycles. The Morgan fingerprint density at radius 1 is 0.952 bits per heavy atom. The number of hydrogen-bond acceptors (Lipinski definition) is 1. The van der Waals surface area contributed by atoms with E-state index < -0.39 is 0 Å². The second-order valence-corrected chi connectivity index (χ2v) is 6.91. The third-order valence-electron chi connectivity index (χ3n) is 5.21. The van der Waals surface area contributed by atoms with Crippen molar-refractivity contribution in [2.45, 2.75) is 57.9 Å². The molecule has 0 heterocycles. The highest BCUT2D eigenvalue weighted by molar-refractivity contribution is 5.76. The van der Waals surface area contributed by atoms with Crippen LogP contribution in [0.1, 0.15) is 56.9 Å². The van der Waals surface area contributed by atoms with Gasteiger partial charge in [0, 0.05) is 19.5 Å². The maximum atomic E-state index is 12.7. The van der Waals surface area contributed by atoms with Crippen molar-refractivity contribution >= 4 is 5.91 Å². The number of nitrogens with zero attached hydrogens (tertiary/aromatic N) is 1. The number of carbonyl (C=O) groups is 1. The molecule has 2 aliphatic rings. The molecule has 0 atom stereocenters. The summed E-state index contributed by atoms with van der Waals surface area (Å²) in [5, 5.41) is 0. The van der Waals surface area contributed by atoms with E-state index in [0.29, 0.717) is 11.8 Å². The second-order valence-electron chi connectivity index (χ2n) is 6.91. The standard InChI is InChI=1S/C19H27NO/c21-19(13-16-7-4-5-8-16)20(15-18-11-6-12-18)14-17-9-2-1-3-10-17/h1-3,9-10,16,18H,4-8,11-15H2. The van der Waals surface area contributed by atoms with E-state index in [-0.39, 0.29) is 0 Å². The fourth-order valence-corrected chi connectivity index (χ4v) is 3.64. The molecule has 1 aromatic rings. The first kappa shape index (κ1) is 14.6. The number of hydrogen-bond donors (Lipinski definition) is 0. The van der Waals surface area contributed by atoms with Gasteiger partial charge in [-0.1, -0.05) is 49.6 Å². The predicted molar refractivity (Wildman–Crippen MR) is 85.8 cm³/mol. The zero-order valence-corrected chi connectivity index (χ0v) is 13.0. The van der Waals surface area contributed by atoms with E-state index >= 15 is 0 Å². The lowest BCUT2D eigenvalue weighted by molar-refractivity contribution is -0.133. The quantitative estimate of drug-likeness (QED) is 0.759. The first-order valence-corrected chi connectivity index (χ1v) is 8.63. The minimum atomic E-state index is 0.387. The summed E-state index contributed by atoms with van der Waals surface area (Å²) in [6.07, 6.45) is 9.89. The Morgan fingerprint density at radius 2 is 1.62 bits per heavy atom. The predicted octanol–water partition coefficient (Wildman–Crippen LogP) is 4.40. The van der Waals surface area contributed by atoms with Gasteiger partial charge >= 0.3 is 0 Å². The highest BCUT2D eigenvalue weighted by Gasteiger charge is 2.26. The molecule has 0 saturated heterocycles. The van der Waals surface area contributed by atoms with Gasteiger partial charge in [0.15, 0.2) is 0 Å². The van der Waals surface area contributed by atoms with Crippen molar-refractivity contribution in [3.63, 3.8) is 0 Å². The summed E-state index contributed by atoms with van der Waals surface area (Å²) in [7, 11) is 0. The van der Waals surface area contributed by atoms with Gasteiger partial charge in [0.05, 0.1) is 0 Å². The summed E-state index contributed by atoms with van der Waals surface area (Å²) in [5.74, 6) is 1.79. The number of rotatable bonds is 6. The molecule has 0 aromatic heterocycles. The summed E-state index contributed by atoms with van der Waals surface area (Å²) < 4.78 is 0. The van der Waals surface area contributed by atoms with E-state index in [1.807, 2.05) is 6.07 Å². The van der Waals surface area contributed by atoms with E-state index in [0.717, 1.165) is 25.4 Å². The van der Waals surface area contributed by atoms with Crippen molar-refractivity contribution in [1.82, 2.24) is 4.90 Å². The lowest BCUT2D eigenvalue weighted by Crippen LogP contribution is -2.37. The van der Waals surface area contributed by atoms with Crippen LogP contribution in [0.4, 0.5) is 0 Å². The van der Waals surface area contributed by atoms with Crippen LogP contribution in [0.5, 0.6) is 0 Å². The van der Waals surface area contributed by atoms with Crippen LogP contribution in [0.15, 0.2) is 30.3 Å². The minimum absolute atomic E-state index is 0.387. The topological polar surface area (TPSA) is 20.3 Å². The molecule has 2 nitrogen and oxygen atoms in total. The van der Waals surface area contributed by atoms with Crippen molar-refractivity contribution in [2.75, 3.05) is 6.54 Å². The van der Waals surface area contributed by atoms with Crippen LogP contribution in [0.3, 0.4) is 0 Å². The molecular formula is C19H27NO. The summed E-state index contributed by atoms with van der Waals surface area (Å²) in [4.78, 5) is 14.8. The van der Waals surface area contributed by atoms with Gasteiger partial charge in [-0.2, -0.15) is 0 Å². The van der Waals surface area contributed by atoms with Crippen LogP contribution in [0, 0.1) is 11.8 Å². The first-order chi connectivity index (χ1) is 10.3. The zero-order chi connectivity index (χ0) is 14.5. The van der Waals surface area contributed by atoms with Gasteiger partial charge < -0.3 is 4.90 Å². The summed E-state index contributed by atoms with van der Waals surface area (Å²) in [5.41, 5.74) is 1.26. The molecule has 0 unspecified atom stereocenters. The van der Waals surface area contributed by atoms with E-state index in [9.17, 15) is 4.79 Å². The van der Waals surface area contributed by atoms with Crippen molar-refractivity contribution in [2.24, 2.45) is 11.8 Å². The maximum absolute atomic E-state index is 12.7. The smallest absolute Gasteiger partial charge is 0.223 e. The normalized spacial score (nSPS) is 19.4. The van der Waals surface area contributed by atoms with Crippen molar-refractivity contribution in [3.8, 4) is 0 Å². The van der Waals surface area contributed by atoms with E-state index in [1.54, 1.807) is 0 Å². The number of carbonyl (C=O) groups excluding carboxylic acids is 1. The average molecular weight is 285 g/mol. The van der Waals surface area contributed by atoms with Gasteiger partial charge in [0.1, 0.15) is 0 Å². The Balaban J connectivity index is 1.61. The molecule has 114 valence electrons. The Kier molecular flexibility index (Phi) is 4.95. The lowest BCUT2D eigenvalue weighted by Gasteiger charge is -2.33. The summed E-state index contributed by atoms with van der Waals surface area (Å²) in [6, 6.07) is 10.4. The summed E-state index contributed by atoms with van der Waals surface area (Å²) >= 11 is 0. The van der Waals surface area contributed by atoms with E-state index in [1.165, 1.54) is 50.5 Å². The van der Waals surface area contributed by atoms with Gasteiger partial charge in [0.25, 0.3) is 0 Å². The molecule has 3 rings (SSSR count). The Morgan fingerprint density at radius 3 is 2.24 bits per heavy atom. The molecule has 1 amide bonds.